The SMILES string of the molecule is CCNC(=O)c1noc(-c2cc(Cl)c(OCc3ccccc3)cc2OCc2ccccc2)c1-c1ccc(CN(C)C)cc1. The van der Waals surface area contributed by atoms with E-state index in [1.807, 2.05) is 106 Å². The van der Waals surface area contributed by atoms with Crippen molar-refractivity contribution < 1.29 is 18.8 Å². The number of carbonyl (C=O) groups is 1. The lowest BCUT2D eigenvalue weighted by Crippen LogP contribution is -2.23. The molecule has 0 atom stereocenters. The molecule has 0 bridgehead atoms. The van der Waals surface area contributed by atoms with Gasteiger partial charge in [0.1, 0.15) is 24.7 Å². The first-order valence-electron chi connectivity index (χ1n) is 14.1. The van der Waals surface area contributed by atoms with Gasteiger partial charge >= 0.3 is 0 Å². The predicted octanol–water partition coefficient (Wildman–Crippen LogP) is 7.63. The lowest BCUT2D eigenvalue weighted by atomic mass is 9.97. The quantitative estimate of drug-likeness (QED) is 0.160. The van der Waals surface area contributed by atoms with Crippen LogP contribution in [0.2, 0.25) is 5.02 Å². The van der Waals surface area contributed by atoms with Crippen LogP contribution in [0.1, 0.15) is 34.1 Å². The molecule has 1 heterocycles. The molecule has 4 aromatic carbocycles. The highest BCUT2D eigenvalue weighted by molar-refractivity contribution is 6.32. The third kappa shape index (κ3) is 7.44. The van der Waals surface area contributed by atoms with Gasteiger partial charge in [-0.3, -0.25) is 4.79 Å². The molecule has 0 radical (unpaired) electrons. The second-order valence-corrected chi connectivity index (χ2v) is 10.8. The fourth-order valence-corrected chi connectivity index (χ4v) is 4.91. The van der Waals surface area contributed by atoms with Crippen molar-refractivity contribution >= 4 is 17.5 Å². The highest BCUT2D eigenvalue weighted by Gasteiger charge is 2.27. The van der Waals surface area contributed by atoms with Gasteiger partial charge in [-0.2, -0.15) is 0 Å². The molecule has 0 aliphatic heterocycles. The fraction of sp³-hybridized carbons (Fsp3) is 0.200. The monoisotopic (exact) mass is 595 g/mol. The number of benzene rings is 4. The average Bonchev–Trinajstić information content (AvgIpc) is 3.46. The van der Waals surface area contributed by atoms with E-state index in [2.05, 4.69) is 15.4 Å². The van der Waals surface area contributed by atoms with Gasteiger partial charge in [-0.15, -0.1) is 0 Å². The van der Waals surface area contributed by atoms with Crippen molar-refractivity contribution in [1.29, 1.82) is 0 Å². The van der Waals surface area contributed by atoms with E-state index in [1.54, 1.807) is 12.1 Å². The molecule has 5 aromatic rings. The van der Waals surface area contributed by atoms with Crippen molar-refractivity contribution in [2.24, 2.45) is 0 Å². The Labute approximate surface area is 257 Å². The number of hydrogen-bond donors (Lipinski definition) is 1. The summed E-state index contributed by atoms with van der Waals surface area (Å²) in [7, 11) is 4.04. The largest absolute Gasteiger partial charge is 0.488 e. The number of hydrogen-bond acceptors (Lipinski definition) is 6. The van der Waals surface area contributed by atoms with Crippen molar-refractivity contribution in [3.05, 3.63) is 124 Å². The molecule has 8 heteroatoms. The molecule has 1 amide bonds. The number of nitrogens with one attached hydrogen (secondary N) is 1. The number of nitrogens with zero attached hydrogens (tertiary/aromatic N) is 2. The van der Waals surface area contributed by atoms with Crippen molar-refractivity contribution in [3.8, 4) is 33.9 Å². The Morgan fingerprint density at radius 3 is 2.02 bits per heavy atom. The summed E-state index contributed by atoms with van der Waals surface area (Å²) in [6.45, 7) is 3.74. The number of ether oxygens (including phenoxy) is 2. The topological polar surface area (TPSA) is 76.8 Å². The summed E-state index contributed by atoms with van der Waals surface area (Å²) in [6, 6.07) is 31.2. The average molecular weight is 596 g/mol. The Hall–Kier alpha value is -4.59. The van der Waals surface area contributed by atoms with Crippen molar-refractivity contribution in [1.82, 2.24) is 15.4 Å². The molecule has 0 saturated carbocycles. The lowest BCUT2D eigenvalue weighted by molar-refractivity contribution is 0.0947. The molecule has 7 nitrogen and oxygen atoms in total. The zero-order valence-electron chi connectivity index (χ0n) is 24.5. The van der Waals surface area contributed by atoms with Crippen LogP contribution in [0.5, 0.6) is 11.5 Å². The minimum Gasteiger partial charge on any atom is -0.488 e. The summed E-state index contributed by atoms with van der Waals surface area (Å²) in [5, 5.41) is 7.44. The smallest absolute Gasteiger partial charge is 0.274 e. The van der Waals surface area contributed by atoms with Crippen LogP contribution in [0.4, 0.5) is 0 Å². The van der Waals surface area contributed by atoms with E-state index in [0.29, 0.717) is 53.2 Å². The molecule has 0 aliphatic carbocycles. The van der Waals surface area contributed by atoms with E-state index in [1.165, 1.54) is 0 Å². The van der Waals surface area contributed by atoms with Gasteiger partial charge in [-0.1, -0.05) is 102 Å². The minimum atomic E-state index is -0.328. The van der Waals surface area contributed by atoms with E-state index in [4.69, 9.17) is 25.6 Å². The van der Waals surface area contributed by atoms with Gasteiger partial charge in [0.2, 0.25) is 0 Å². The third-order valence-electron chi connectivity index (χ3n) is 6.74. The standard InChI is InChI=1S/C35H34ClN3O4/c1-4-37-35(40)33-32(27-17-15-24(16-18-27)21-39(2)3)34(43-38-33)28-19-29(36)31(42-23-26-13-9-6-10-14-26)20-30(28)41-22-25-11-7-5-8-12-25/h5-20H,4,21-23H2,1-3H3,(H,37,40). The molecule has 0 unspecified atom stereocenters. The van der Waals surface area contributed by atoms with Crippen LogP contribution < -0.4 is 14.8 Å². The van der Waals surface area contributed by atoms with E-state index in [0.717, 1.165) is 28.8 Å². The Balaban J connectivity index is 1.59. The van der Waals surface area contributed by atoms with Crippen LogP contribution >= 0.6 is 11.6 Å². The number of amides is 1. The molecule has 1 N–H and O–H groups in total. The van der Waals surface area contributed by atoms with Crippen LogP contribution in [-0.2, 0) is 19.8 Å². The second-order valence-electron chi connectivity index (χ2n) is 10.4. The minimum absolute atomic E-state index is 0.187. The van der Waals surface area contributed by atoms with Gasteiger partial charge in [0, 0.05) is 19.2 Å². The van der Waals surface area contributed by atoms with Gasteiger partial charge in [0.05, 0.1) is 16.1 Å². The number of halogens is 1. The Bertz CT molecular complexity index is 1650. The van der Waals surface area contributed by atoms with Crippen LogP contribution in [-0.4, -0.2) is 36.6 Å². The summed E-state index contributed by atoms with van der Waals surface area (Å²) in [4.78, 5) is 15.2. The second kappa shape index (κ2) is 14.1. The zero-order valence-corrected chi connectivity index (χ0v) is 25.2. The molecule has 0 fully saturated rings. The van der Waals surface area contributed by atoms with E-state index >= 15 is 0 Å². The van der Waals surface area contributed by atoms with Crippen molar-refractivity contribution in [3.63, 3.8) is 0 Å². The first-order chi connectivity index (χ1) is 20.9. The van der Waals surface area contributed by atoms with Crippen LogP contribution in [0.3, 0.4) is 0 Å². The first kappa shape index (κ1) is 29.9. The maximum atomic E-state index is 13.1. The normalized spacial score (nSPS) is 11.0. The Morgan fingerprint density at radius 2 is 1.44 bits per heavy atom. The molecule has 43 heavy (non-hydrogen) atoms. The van der Waals surface area contributed by atoms with Crippen LogP contribution in [0.15, 0.2) is 102 Å². The zero-order chi connectivity index (χ0) is 30.2. The summed E-state index contributed by atoms with van der Waals surface area (Å²) in [5.74, 6) is 1.00. The maximum Gasteiger partial charge on any atom is 0.274 e. The van der Waals surface area contributed by atoms with E-state index in [-0.39, 0.29) is 11.6 Å². The third-order valence-corrected chi connectivity index (χ3v) is 7.03. The molecule has 1 aromatic heterocycles. The van der Waals surface area contributed by atoms with Gasteiger partial charge in [-0.05, 0) is 49.3 Å². The van der Waals surface area contributed by atoms with Crippen molar-refractivity contribution in [2.45, 2.75) is 26.7 Å². The molecular formula is C35H34ClN3O4. The molecule has 0 spiro atoms. The molecule has 5 rings (SSSR count). The summed E-state index contributed by atoms with van der Waals surface area (Å²) >= 11 is 6.79. The van der Waals surface area contributed by atoms with E-state index < -0.39 is 0 Å². The number of carbonyl (C=O) groups excluding carboxylic acids is 1. The Kier molecular flexibility index (Phi) is 9.77. The Morgan fingerprint density at radius 1 is 0.837 bits per heavy atom. The molecular weight excluding hydrogens is 562 g/mol. The summed E-state index contributed by atoms with van der Waals surface area (Å²) < 4.78 is 18.4. The van der Waals surface area contributed by atoms with Crippen LogP contribution in [0, 0.1) is 0 Å². The fourth-order valence-electron chi connectivity index (χ4n) is 4.70. The van der Waals surface area contributed by atoms with Crippen molar-refractivity contribution in [2.75, 3.05) is 20.6 Å². The molecule has 0 aliphatic rings. The van der Waals surface area contributed by atoms with Crippen LogP contribution in [0.25, 0.3) is 22.5 Å². The maximum absolute atomic E-state index is 13.1. The molecule has 0 saturated heterocycles. The van der Waals surface area contributed by atoms with Gasteiger partial charge in [0.15, 0.2) is 11.5 Å². The first-order valence-corrected chi connectivity index (χ1v) is 14.5. The van der Waals surface area contributed by atoms with Gasteiger partial charge in [0.25, 0.3) is 5.91 Å². The van der Waals surface area contributed by atoms with E-state index in [9.17, 15) is 4.79 Å². The van der Waals surface area contributed by atoms with Gasteiger partial charge < -0.3 is 24.2 Å². The highest BCUT2D eigenvalue weighted by Crippen LogP contribution is 2.44. The summed E-state index contributed by atoms with van der Waals surface area (Å²) in [5.41, 5.74) is 5.23. The summed E-state index contributed by atoms with van der Waals surface area (Å²) in [6.07, 6.45) is 0. The number of rotatable bonds is 12. The number of aromatic nitrogens is 1. The van der Waals surface area contributed by atoms with Gasteiger partial charge in [-0.25, -0.2) is 0 Å². The highest BCUT2D eigenvalue weighted by atomic mass is 35.5. The molecule has 220 valence electrons. The lowest BCUT2D eigenvalue weighted by Gasteiger charge is -2.16. The predicted molar refractivity (Wildman–Crippen MR) is 169 cm³/mol.